The van der Waals surface area contributed by atoms with Crippen molar-refractivity contribution in [2.24, 2.45) is 5.41 Å². The Bertz CT molecular complexity index is 2320. The average Bonchev–Trinajstić information content (AvgIpc) is 3.31. The van der Waals surface area contributed by atoms with Crippen LogP contribution in [0.25, 0.3) is 11.1 Å². The van der Waals surface area contributed by atoms with Gasteiger partial charge >= 0.3 is 0 Å². The highest BCUT2D eigenvalue weighted by molar-refractivity contribution is 5.97. The monoisotopic (exact) mass is 884 g/mol. The minimum atomic E-state index is -1.25. The number of ketones is 1. The van der Waals surface area contributed by atoms with Gasteiger partial charge in [-0.3, -0.25) is 34.1 Å². The van der Waals surface area contributed by atoms with Crippen LogP contribution in [0.5, 0.6) is 0 Å². The normalized spacial score (nSPS) is 21.9. The van der Waals surface area contributed by atoms with Gasteiger partial charge in [-0.15, -0.1) is 0 Å². The van der Waals surface area contributed by atoms with Crippen molar-refractivity contribution >= 4 is 35.3 Å². The zero-order valence-corrected chi connectivity index (χ0v) is 37.4. The summed E-state index contributed by atoms with van der Waals surface area (Å²) in [5, 5.41) is 24.4. The number of piperidine rings is 1. The number of fused-ring (bicyclic) bond motifs is 3. The van der Waals surface area contributed by atoms with Crippen molar-refractivity contribution in [2.45, 2.75) is 70.3 Å². The van der Waals surface area contributed by atoms with Crippen molar-refractivity contribution in [2.75, 3.05) is 46.9 Å². The smallest absolute Gasteiger partial charge is 0.246 e. The van der Waals surface area contributed by atoms with Crippen LogP contribution in [-0.4, -0.2) is 115 Å². The van der Waals surface area contributed by atoms with Gasteiger partial charge in [-0.2, -0.15) is 0 Å². The first-order chi connectivity index (χ1) is 31.3. The molecule has 2 aliphatic rings. The topological polar surface area (TPSA) is 186 Å². The van der Waals surface area contributed by atoms with Crippen molar-refractivity contribution in [1.29, 1.82) is 0 Å². The molecule has 0 radical (unpaired) electrons. The van der Waals surface area contributed by atoms with Crippen molar-refractivity contribution < 1.29 is 38.6 Å². The Balaban J connectivity index is 1.32. The number of likely N-dealkylation sites (N-methyl/N-ethyl adjacent to an activating group) is 1. The Labute approximate surface area is 380 Å². The predicted octanol–water partition coefficient (Wildman–Crippen LogP) is 3.75. The number of nitrogens with one attached hydrogen (secondary N) is 4. The van der Waals surface area contributed by atoms with Crippen LogP contribution < -0.4 is 21.3 Å². The van der Waals surface area contributed by atoms with Crippen molar-refractivity contribution in [3.8, 4) is 11.1 Å². The first-order valence-corrected chi connectivity index (χ1v) is 22.1. The molecule has 6 rings (SSSR count). The standard InChI is InChI=1S/C51H60N6O8/c1-35(58)38-18-20-40(21-19-38)39-16-14-36(15-17-39)30-44-48(62)53-33-42-13-8-7-12-41(42)31-46(60)54-43(49(63)56(2)28-29-65-3)24-26-52-45(59)22-23-47(61)57-27-9-25-51(34-57,50(64)55-44)32-37-10-5-4-6-11-37/h4-8,10-23,43-44,50,55,64H,9,24-34H2,1-3H3,(H,52,59)(H,53,62)(H,54,60)/b23-22+/t43-,44-,50?,51-/m1/s1. The first-order valence-electron chi connectivity index (χ1n) is 22.1. The molecule has 2 bridgehead atoms. The molecule has 0 aliphatic carbocycles. The SMILES string of the molecule is COCCN(C)C(=O)[C@H]1CCNC(=O)/C=C/C(=O)N2CCC[C@@](Cc3ccccc3)(C2)C(O)N[C@H](Cc2ccc(-c3ccc(C(C)=O)cc3)cc2)C(=O)NCc2ccccc2CC(=O)N1. The van der Waals surface area contributed by atoms with E-state index in [0.29, 0.717) is 55.6 Å². The molecule has 14 heteroatoms. The van der Waals surface area contributed by atoms with E-state index in [9.17, 15) is 33.9 Å². The molecule has 1 saturated heterocycles. The van der Waals surface area contributed by atoms with Crippen molar-refractivity contribution in [1.82, 2.24) is 31.1 Å². The molecule has 65 heavy (non-hydrogen) atoms. The van der Waals surface area contributed by atoms with Gasteiger partial charge in [0.15, 0.2) is 5.78 Å². The van der Waals surface area contributed by atoms with E-state index in [1.165, 1.54) is 25.0 Å². The maximum absolute atomic E-state index is 14.5. The first kappa shape index (κ1) is 48.0. The number of hydrogen-bond acceptors (Lipinski definition) is 9. The van der Waals surface area contributed by atoms with E-state index in [4.69, 9.17) is 4.74 Å². The fourth-order valence-corrected chi connectivity index (χ4v) is 8.51. The number of benzene rings is 4. The zero-order chi connectivity index (χ0) is 46.3. The van der Waals surface area contributed by atoms with Gasteiger partial charge < -0.3 is 35.6 Å². The number of methoxy groups -OCH3 is 1. The Kier molecular flexibility index (Phi) is 16.9. The molecule has 0 spiro atoms. The maximum Gasteiger partial charge on any atom is 0.246 e. The molecule has 4 aromatic carbocycles. The lowest BCUT2D eigenvalue weighted by Gasteiger charge is -2.46. The van der Waals surface area contributed by atoms with E-state index < -0.39 is 41.4 Å². The van der Waals surface area contributed by atoms with E-state index in [1.54, 1.807) is 36.2 Å². The Morgan fingerprint density at radius 3 is 2.22 bits per heavy atom. The lowest BCUT2D eigenvalue weighted by atomic mass is 9.73. The molecule has 14 nitrogen and oxygen atoms in total. The molecule has 342 valence electrons. The van der Waals surface area contributed by atoms with Crippen LogP contribution in [-0.2, 0) is 54.5 Å². The van der Waals surface area contributed by atoms with Crippen LogP contribution in [0.4, 0.5) is 0 Å². The molecule has 0 saturated carbocycles. The molecular formula is C51H60N6O8. The van der Waals surface area contributed by atoms with Crippen LogP contribution in [0.2, 0.25) is 0 Å². The van der Waals surface area contributed by atoms with Crippen LogP contribution in [0.15, 0.2) is 115 Å². The van der Waals surface area contributed by atoms with Gasteiger partial charge in [0, 0.05) is 70.0 Å². The summed E-state index contributed by atoms with van der Waals surface area (Å²) in [6.45, 7) is 2.78. The number of Topliss-reactive ketones (excluding diaryl/α,β-unsaturated/α-hetero) is 1. The lowest BCUT2D eigenvalue weighted by molar-refractivity contribution is -0.136. The number of aliphatic hydroxyl groups excluding tert-OH is 1. The summed E-state index contributed by atoms with van der Waals surface area (Å²) in [5.41, 5.74) is 4.68. The minimum Gasteiger partial charge on any atom is -0.383 e. The van der Waals surface area contributed by atoms with Crippen LogP contribution in [0.3, 0.4) is 0 Å². The summed E-state index contributed by atoms with van der Waals surface area (Å²) in [5.74, 6) is -2.12. The number of aliphatic hydroxyl groups is 1. The van der Waals surface area contributed by atoms with Gasteiger partial charge in [-0.25, -0.2) is 0 Å². The largest absolute Gasteiger partial charge is 0.383 e. The molecular weight excluding hydrogens is 825 g/mol. The summed E-state index contributed by atoms with van der Waals surface area (Å²) in [6.07, 6.45) is 2.83. The fourth-order valence-electron chi connectivity index (χ4n) is 8.51. The Morgan fingerprint density at radius 1 is 0.846 bits per heavy atom. The van der Waals surface area contributed by atoms with E-state index in [0.717, 1.165) is 28.3 Å². The number of carbonyl (C=O) groups is 6. The molecule has 1 fully saturated rings. The number of hydrogen-bond donors (Lipinski definition) is 5. The summed E-state index contributed by atoms with van der Waals surface area (Å²) in [6, 6.07) is 30.2. The van der Waals surface area contributed by atoms with Gasteiger partial charge in [0.25, 0.3) is 0 Å². The summed E-state index contributed by atoms with van der Waals surface area (Å²) in [4.78, 5) is 83.4. The number of amides is 5. The minimum absolute atomic E-state index is 0.0151. The fraction of sp³-hybridized carbons (Fsp3) is 0.373. The summed E-state index contributed by atoms with van der Waals surface area (Å²) < 4.78 is 5.15. The van der Waals surface area contributed by atoms with Gasteiger partial charge in [0.2, 0.25) is 29.5 Å². The Hall–Kier alpha value is -6.48. The van der Waals surface area contributed by atoms with E-state index in [1.807, 2.05) is 78.9 Å². The number of nitrogens with zero attached hydrogens (tertiary/aromatic N) is 2. The second kappa shape index (κ2) is 22.9. The third kappa shape index (κ3) is 13.3. The molecule has 2 aliphatic heterocycles. The van der Waals surface area contributed by atoms with Crippen molar-refractivity contribution in [3.63, 3.8) is 0 Å². The van der Waals surface area contributed by atoms with Crippen LogP contribution in [0, 0.1) is 5.41 Å². The molecule has 5 N–H and O–H groups in total. The van der Waals surface area contributed by atoms with Gasteiger partial charge in [-0.05, 0) is 72.4 Å². The van der Waals surface area contributed by atoms with Crippen molar-refractivity contribution in [3.05, 3.63) is 143 Å². The third-order valence-electron chi connectivity index (χ3n) is 12.3. The molecule has 2 heterocycles. The predicted molar refractivity (Wildman–Crippen MR) is 247 cm³/mol. The summed E-state index contributed by atoms with van der Waals surface area (Å²) >= 11 is 0. The quantitative estimate of drug-likeness (QED) is 0.148. The third-order valence-corrected chi connectivity index (χ3v) is 12.3. The average molecular weight is 885 g/mol. The lowest BCUT2D eigenvalue weighted by Crippen LogP contribution is -2.60. The molecule has 4 aromatic rings. The Morgan fingerprint density at radius 2 is 1.52 bits per heavy atom. The van der Waals surface area contributed by atoms with Crippen LogP contribution >= 0.6 is 0 Å². The van der Waals surface area contributed by atoms with Gasteiger partial charge in [0.05, 0.1) is 19.1 Å². The molecule has 0 aromatic heterocycles. The molecule has 1 unspecified atom stereocenters. The van der Waals surface area contributed by atoms with Gasteiger partial charge in [0.1, 0.15) is 12.3 Å². The molecule has 4 atom stereocenters. The summed E-state index contributed by atoms with van der Waals surface area (Å²) in [7, 11) is 3.14. The van der Waals surface area contributed by atoms with Gasteiger partial charge in [-0.1, -0.05) is 103 Å². The second-order valence-corrected chi connectivity index (χ2v) is 17.0. The zero-order valence-electron chi connectivity index (χ0n) is 37.4. The number of carbonyl (C=O) groups excluding carboxylic acids is 6. The maximum atomic E-state index is 14.5. The van der Waals surface area contributed by atoms with E-state index in [-0.39, 0.29) is 56.5 Å². The van der Waals surface area contributed by atoms with E-state index in [2.05, 4.69) is 21.3 Å². The van der Waals surface area contributed by atoms with E-state index >= 15 is 0 Å². The highest BCUT2D eigenvalue weighted by atomic mass is 16.5. The van der Waals surface area contributed by atoms with Crippen LogP contribution in [0.1, 0.15) is 58.8 Å². The second-order valence-electron chi connectivity index (χ2n) is 17.0. The highest BCUT2D eigenvalue weighted by Gasteiger charge is 2.44. The highest BCUT2D eigenvalue weighted by Crippen LogP contribution is 2.37. The molecule has 5 amide bonds. The number of ether oxygens (including phenoxy) is 1. The number of rotatable bonds is 10.